The highest BCUT2D eigenvalue weighted by molar-refractivity contribution is 5.90. The van der Waals surface area contributed by atoms with E-state index in [1.807, 2.05) is 30.3 Å². The van der Waals surface area contributed by atoms with Gasteiger partial charge in [-0.15, -0.1) is 0 Å². The van der Waals surface area contributed by atoms with Gasteiger partial charge in [-0.05, 0) is 37.3 Å². The molecule has 0 spiro atoms. The lowest BCUT2D eigenvalue weighted by atomic mass is 10.1. The molecule has 3 heterocycles. The number of hydrogen-bond acceptors (Lipinski definition) is 6. The van der Waals surface area contributed by atoms with Gasteiger partial charge in [-0.3, -0.25) is 4.98 Å². The van der Waals surface area contributed by atoms with Gasteiger partial charge in [0.05, 0.1) is 23.4 Å². The van der Waals surface area contributed by atoms with Gasteiger partial charge in [-0.25, -0.2) is 4.79 Å². The van der Waals surface area contributed by atoms with Gasteiger partial charge in [-0.1, -0.05) is 12.1 Å². The fourth-order valence-electron chi connectivity index (χ4n) is 3.57. The Bertz CT molecular complexity index is 1080. The van der Waals surface area contributed by atoms with Gasteiger partial charge in [-0.2, -0.15) is 5.26 Å². The number of anilines is 1. The van der Waals surface area contributed by atoms with Crippen LogP contribution >= 0.6 is 0 Å². The van der Waals surface area contributed by atoms with Crippen LogP contribution in [0.1, 0.15) is 22.8 Å². The summed E-state index contributed by atoms with van der Waals surface area (Å²) in [5, 5.41) is 12.9. The number of carbonyl (C=O) groups excluding carboxylic acids is 1. The number of pyridine rings is 1. The van der Waals surface area contributed by atoms with Gasteiger partial charge >= 0.3 is 5.97 Å². The first-order valence-electron chi connectivity index (χ1n) is 10.0. The molecule has 3 aromatic rings. The molecule has 1 aromatic carbocycles. The molecule has 1 aliphatic heterocycles. The first-order valence-corrected chi connectivity index (χ1v) is 10.0. The Kier molecular flexibility index (Phi) is 5.77. The van der Waals surface area contributed by atoms with E-state index in [0.29, 0.717) is 17.7 Å². The number of ether oxygens (including phenoxy) is 1. The summed E-state index contributed by atoms with van der Waals surface area (Å²) in [4.78, 5) is 21.9. The van der Waals surface area contributed by atoms with Crippen LogP contribution in [0, 0.1) is 11.3 Å². The number of carbonyl (C=O) groups is 1. The predicted octanol–water partition coefficient (Wildman–Crippen LogP) is 3.20. The molecule has 0 atom stereocenters. The van der Waals surface area contributed by atoms with Crippen molar-refractivity contribution in [2.75, 3.05) is 37.7 Å². The van der Waals surface area contributed by atoms with E-state index in [1.165, 1.54) is 0 Å². The highest BCUT2D eigenvalue weighted by Gasteiger charge is 2.18. The Morgan fingerprint density at radius 3 is 2.63 bits per heavy atom. The average Bonchev–Trinajstić information content (AvgIpc) is 3.25. The van der Waals surface area contributed by atoms with Crippen molar-refractivity contribution in [3.63, 3.8) is 0 Å². The predicted molar refractivity (Wildman–Crippen MR) is 115 cm³/mol. The molecular weight excluding hydrogens is 378 g/mol. The molecule has 0 saturated carbocycles. The second-order valence-corrected chi connectivity index (χ2v) is 7.02. The van der Waals surface area contributed by atoms with Crippen LogP contribution in [-0.2, 0) is 4.74 Å². The molecule has 7 heteroatoms. The lowest BCUT2D eigenvalue weighted by Crippen LogP contribution is -2.44. The summed E-state index contributed by atoms with van der Waals surface area (Å²) in [5.74, 6) is 0.535. The highest BCUT2D eigenvalue weighted by Crippen LogP contribution is 2.29. The first kappa shape index (κ1) is 19.7. The van der Waals surface area contributed by atoms with Gasteiger partial charge in [0.1, 0.15) is 11.9 Å². The summed E-state index contributed by atoms with van der Waals surface area (Å²) in [6.07, 6.45) is 1.75. The van der Waals surface area contributed by atoms with Crippen molar-refractivity contribution in [3.8, 4) is 28.6 Å². The van der Waals surface area contributed by atoms with Crippen LogP contribution in [0.4, 0.5) is 5.82 Å². The van der Waals surface area contributed by atoms with E-state index in [2.05, 4.69) is 26.3 Å². The molecule has 4 rings (SSSR count). The quantitative estimate of drug-likeness (QED) is 0.638. The van der Waals surface area contributed by atoms with Crippen molar-refractivity contribution in [1.82, 2.24) is 15.3 Å². The molecule has 0 aliphatic carbocycles. The molecule has 2 N–H and O–H groups in total. The van der Waals surface area contributed by atoms with Crippen molar-refractivity contribution in [1.29, 1.82) is 5.26 Å². The van der Waals surface area contributed by atoms with Gasteiger partial charge in [0.2, 0.25) is 0 Å². The zero-order chi connectivity index (χ0) is 20.9. The van der Waals surface area contributed by atoms with Crippen LogP contribution in [0.3, 0.4) is 0 Å². The van der Waals surface area contributed by atoms with Crippen LogP contribution < -0.4 is 10.2 Å². The molecule has 0 amide bonds. The topological polar surface area (TPSA) is 94.0 Å². The summed E-state index contributed by atoms with van der Waals surface area (Å²) in [6, 6.07) is 15.3. The SMILES string of the molecule is CCOC(=O)c1ccc(-c2cc(-c3cc(C#N)c(N4CCNCC4)[nH]3)ccn2)cc1. The van der Waals surface area contributed by atoms with E-state index in [0.717, 1.165) is 54.5 Å². The molecule has 0 unspecified atom stereocenters. The number of benzene rings is 1. The molecule has 2 aromatic heterocycles. The van der Waals surface area contributed by atoms with Crippen LogP contribution in [0.25, 0.3) is 22.5 Å². The third-order valence-corrected chi connectivity index (χ3v) is 5.11. The number of aromatic nitrogens is 2. The lowest BCUT2D eigenvalue weighted by Gasteiger charge is -2.28. The van der Waals surface area contributed by atoms with E-state index < -0.39 is 0 Å². The van der Waals surface area contributed by atoms with Crippen LogP contribution in [0.2, 0.25) is 0 Å². The fraction of sp³-hybridized carbons (Fsp3) is 0.261. The van der Waals surface area contributed by atoms with E-state index in [9.17, 15) is 10.1 Å². The Hall–Kier alpha value is -3.63. The molecule has 30 heavy (non-hydrogen) atoms. The summed E-state index contributed by atoms with van der Waals surface area (Å²) in [5.41, 5.74) is 4.68. The molecule has 1 fully saturated rings. The smallest absolute Gasteiger partial charge is 0.338 e. The van der Waals surface area contributed by atoms with Gasteiger partial charge in [0, 0.05) is 49.2 Å². The van der Waals surface area contributed by atoms with Crippen molar-refractivity contribution in [2.45, 2.75) is 6.92 Å². The van der Waals surface area contributed by atoms with Crippen LogP contribution in [0.15, 0.2) is 48.7 Å². The molecule has 7 nitrogen and oxygen atoms in total. The van der Waals surface area contributed by atoms with Crippen LogP contribution in [-0.4, -0.2) is 48.7 Å². The van der Waals surface area contributed by atoms with E-state index in [4.69, 9.17) is 4.74 Å². The highest BCUT2D eigenvalue weighted by atomic mass is 16.5. The summed E-state index contributed by atoms with van der Waals surface area (Å²) >= 11 is 0. The number of nitrogens with one attached hydrogen (secondary N) is 2. The standard InChI is InChI=1S/C23H23N5O2/c1-2-30-23(29)17-5-3-16(4-6-17)20-13-18(7-8-26-20)21-14-19(15-24)22(27-21)28-11-9-25-10-12-28/h3-8,13-14,25,27H,2,9-12H2,1H3. The number of esters is 1. The monoisotopic (exact) mass is 401 g/mol. The summed E-state index contributed by atoms with van der Waals surface area (Å²) < 4.78 is 5.03. The fourth-order valence-corrected chi connectivity index (χ4v) is 3.57. The number of H-pyrrole nitrogens is 1. The summed E-state index contributed by atoms with van der Waals surface area (Å²) in [7, 11) is 0. The van der Waals surface area contributed by atoms with Crippen LogP contribution in [0.5, 0.6) is 0 Å². The molecule has 152 valence electrons. The Labute approximate surface area is 175 Å². The maximum Gasteiger partial charge on any atom is 0.338 e. The third-order valence-electron chi connectivity index (χ3n) is 5.11. The maximum atomic E-state index is 11.8. The van der Waals surface area contributed by atoms with Crippen molar-refractivity contribution < 1.29 is 9.53 Å². The molecular formula is C23H23N5O2. The first-order chi connectivity index (χ1) is 14.7. The third kappa shape index (κ3) is 4.04. The molecule has 1 saturated heterocycles. The normalized spacial score (nSPS) is 13.7. The average molecular weight is 401 g/mol. The van der Waals surface area contributed by atoms with Crippen molar-refractivity contribution in [3.05, 3.63) is 59.8 Å². The Balaban J connectivity index is 1.62. The van der Waals surface area contributed by atoms with Crippen molar-refractivity contribution >= 4 is 11.8 Å². The molecule has 0 bridgehead atoms. The molecule has 0 radical (unpaired) electrons. The second kappa shape index (κ2) is 8.80. The zero-order valence-electron chi connectivity index (χ0n) is 16.8. The van der Waals surface area contributed by atoms with Gasteiger partial charge in [0.15, 0.2) is 0 Å². The maximum absolute atomic E-state index is 11.8. The Morgan fingerprint density at radius 1 is 1.17 bits per heavy atom. The number of piperazine rings is 1. The summed E-state index contributed by atoms with van der Waals surface area (Å²) in [6.45, 7) is 5.67. The number of rotatable bonds is 5. The van der Waals surface area contributed by atoms with Gasteiger partial charge in [0.25, 0.3) is 0 Å². The number of aromatic amines is 1. The van der Waals surface area contributed by atoms with Crippen molar-refractivity contribution in [2.24, 2.45) is 0 Å². The van der Waals surface area contributed by atoms with E-state index in [1.54, 1.807) is 25.3 Å². The van der Waals surface area contributed by atoms with E-state index in [-0.39, 0.29) is 5.97 Å². The Morgan fingerprint density at radius 2 is 1.93 bits per heavy atom. The number of nitriles is 1. The minimum atomic E-state index is -0.332. The number of nitrogens with zero attached hydrogens (tertiary/aromatic N) is 3. The minimum absolute atomic E-state index is 0.332. The van der Waals surface area contributed by atoms with Gasteiger partial charge < -0.3 is 19.9 Å². The minimum Gasteiger partial charge on any atom is -0.462 e. The second-order valence-electron chi connectivity index (χ2n) is 7.02. The lowest BCUT2D eigenvalue weighted by molar-refractivity contribution is 0.0526. The number of hydrogen-bond donors (Lipinski definition) is 2. The van der Waals surface area contributed by atoms with E-state index >= 15 is 0 Å². The zero-order valence-corrected chi connectivity index (χ0v) is 16.8. The largest absolute Gasteiger partial charge is 0.462 e. The molecule has 1 aliphatic rings.